The number of morpholine rings is 1. The van der Waals surface area contributed by atoms with Gasteiger partial charge in [-0.2, -0.15) is 0 Å². The lowest BCUT2D eigenvalue weighted by atomic mass is 9.86. The van der Waals surface area contributed by atoms with Crippen molar-refractivity contribution in [3.63, 3.8) is 0 Å². The van der Waals surface area contributed by atoms with E-state index < -0.39 is 0 Å². The number of rotatable bonds is 5. The van der Waals surface area contributed by atoms with Gasteiger partial charge in [-0.3, -0.25) is 9.69 Å². The Kier molecular flexibility index (Phi) is 6.30. The molecule has 3 rings (SSSR count). The Balaban J connectivity index is 1.73. The van der Waals surface area contributed by atoms with Crippen LogP contribution >= 0.6 is 0 Å². The first-order valence-corrected chi connectivity index (χ1v) is 9.70. The van der Waals surface area contributed by atoms with Gasteiger partial charge < -0.3 is 10.1 Å². The van der Waals surface area contributed by atoms with Gasteiger partial charge in [-0.25, -0.2) is 0 Å². The third-order valence-electron chi connectivity index (χ3n) is 5.06. The van der Waals surface area contributed by atoms with Gasteiger partial charge in [-0.05, 0) is 28.7 Å². The Labute approximate surface area is 162 Å². The van der Waals surface area contributed by atoms with Crippen molar-refractivity contribution in [2.24, 2.45) is 0 Å². The Morgan fingerprint density at radius 2 is 1.67 bits per heavy atom. The lowest BCUT2D eigenvalue weighted by molar-refractivity contribution is 0.0332. The van der Waals surface area contributed by atoms with Crippen LogP contribution in [0.25, 0.3) is 0 Å². The summed E-state index contributed by atoms with van der Waals surface area (Å²) in [6.07, 6.45) is 0. The molecule has 0 bridgehead atoms. The molecule has 144 valence electrons. The fourth-order valence-corrected chi connectivity index (χ4v) is 3.32. The minimum absolute atomic E-state index is 0.0300. The summed E-state index contributed by atoms with van der Waals surface area (Å²) in [5.41, 5.74) is 3.14. The number of nitrogens with one attached hydrogen (secondary N) is 1. The van der Waals surface area contributed by atoms with Crippen molar-refractivity contribution in [2.45, 2.75) is 32.2 Å². The molecular weight excluding hydrogens is 336 g/mol. The lowest BCUT2D eigenvalue weighted by Crippen LogP contribution is -2.43. The van der Waals surface area contributed by atoms with Crippen LogP contribution < -0.4 is 5.32 Å². The molecule has 27 heavy (non-hydrogen) atoms. The molecule has 0 spiro atoms. The van der Waals surface area contributed by atoms with Crippen LogP contribution in [0, 0.1) is 0 Å². The topological polar surface area (TPSA) is 41.6 Å². The van der Waals surface area contributed by atoms with E-state index in [1.54, 1.807) is 0 Å². The average Bonchev–Trinajstić information content (AvgIpc) is 2.68. The van der Waals surface area contributed by atoms with Crippen molar-refractivity contribution in [1.29, 1.82) is 0 Å². The minimum Gasteiger partial charge on any atom is -0.379 e. The van der Waals surface area contributed by atoms with Crippen molar-refractivity contribution >= 4 is 5.91 Å². The second-order valence-electron chi connectivity index (χ2n) is 8.18. The first-order valence-electron chi connectivity index (χ1n) is 9.70. The summed E-state index contributed by atoms with van der Waals surface area (Å²) in [5, 5.41) is 3.23. The summed E-state index contributed by atoms with van der Waals surface area (Å²) >= 11 is 0. The van der Waals surface area contributed by atoms with Crippen molar-refractivity contribution < 1.29 is 9.53 Å². The van der Waals surface area contributed by atoms with Gasteiger partial charge in [0.2, 0.25) is 0 Å². The van der Waals surface area contributed by atoms with E-state index in [-0.39, 0.29) is 17.4 Å². The molecule has 1 fully saturated rings. The zero-order valence-electron chi connectivity index (χ0n) is 16.6. The van der Waals surface area contributed by atoms with Gasteiger partial charge >= 0.3 is 0 Å². The third kappa shape index (κ3) is 5.41. The number of carbonyl (C=O) groups excluding carboxylic acids is 1. The van der Waals surface area contributed by atoms with Gasteiger partial charge in [0.05, 0.1) is 19.3 Å². The molecule has 1 amide bonds. The average molecular weight is 367 g/mol. The number of carbonyl (C=O) groups is 1. The Morgan fingerprint density at radius 3 is 2.26 bits per heavy atom. The maximum atomic E-state index is 12.9. The summed E-state index contributed by atoms with van der Waals surface area (Å²) in [6.45, 7) is 10.6. The van der Waals surface area contributed by atoms with Gasteiger partial charge in [0.25, 0.3) is 5.91 Å². The molecule has 1 saturated heterocycles. The zero-order valence-corrected chi connectivity index (χ0v) is 16.6. The maximum absolute atomic E-state index is 12.9. The molecule has 0 aromatic heterocycles. The quantitative estimate of drug-likeness (QED) is 0.875. The van der Waals surface area contributed by atoms with Gasteiger partial charge in [0.15, 0.2) is 0 Å². The molecule has 0 saturated carbocycles. The number of nitrogens with zero attached hydrogens (tertiary/aromatic N) is 1. The van der Waals surface area contributed by atoms with Gasteiger partial charge in [0.1, 0.15) is 0 Å². The molecule has 0 unspecified atom stereocenters. The van der Waals surface area contributed by atoms with E-state index in [4.69, 9.17) is 4.74 Å². The van der Waals surface area contributed by atoms with E-state index in [0.29, 0.717) is 5.56 Å². The summed E-state index contributed by atoms with van der Waals surface area (Å²) in [5.74, 6) is -0.0300. The number of hydrogen-bond donors (Lipinski definition) is 1. The first kappa shape index (κ1) is 19.6. The summed E-state index contributed by atoms with van der Waals surface area (Å²) in [6, 6.07) is 18.1. The van der Waals surface area contributed by atoms with E-state index >= 15 is 0 Å². The highest BCUT2D eigenvalue weighted by Gasteiger charge is 2.21. The Hall–Kier alpha value is -2.17. The van der Waals surface area contributed by atoms with Crippen LogP contribution in [0.2, 0.25) is 0 Å². The number of amides is 1. The fourth-order valence-electron chi connectivity index (χ4n) is 3.32. The van der Waals surface area contributed by atoms with Crippen molar-refractivity contribution in [3.8, 4) is 0 Å². The van der Waals surface area contributed by atoms with Crippen LogP contribution in [0.5, 0.6) is 0 Å². The molecule has 1 aliphatic rings. The largest absolute Gasteiger partial charge is 0.379 e. The lowest BCUT2D eigenvalue weighted by Gasteiger charge is -2.31. The highest BCUT2D eigenvalue weighted by Crippen LogP contribution is 2.22. The molecule has 1 N–H and O–H groups in total. The van der Waals surface area contributed by atoms with E-state index in [1.165, 1.54) is 5.56 Å². The third-order valence-corrected chi connectivity index (χ3v) is 5.06. The van der Waals surface area contributed by atoms with E-state index in [2.05, 4.69) is 55.3 Å². The normalized spacial score (nSPS) is 16.7. The first-order chi connectivity index (χ1) is 12.9. The molecule has 4 heteroatoms. The van der Waals surface area contributed by atoms with Crippen molar-refractivity contribution in [3.05, 3.63) is 71.3 Å². The van der Waals surface area contributed by atoms with Gasteiger partial charge in [-0.15, -0.1) is 0 Å². The van der Waals surface area contributed by atoms with Crippen molar-refractivity contribution in [1.82, 2.24) is 10.2 Å². The molecule has 1 heterocycles. The highest BCUT2D eigenvalue weighted by atomic mass is 16.5. The number of ether oxygens (including phenoxy) is 1. The Bertz CT molecular complexity index is 729. The molecule has 2 aromatic carbocycles. The van der Waals surface area contributed by atoms with Crippen LogP contribution in [0.4, 0.5) is 0 Å². The second-order valence-corrected chi connectivity index (χ2v) is 8.18. The van der Waals surface area contributed by atoms with Crippen molar-refractivity contribution in [2.75, 3.05) is 32.8 Å². The standard InChI is InChI=1S/C23H30N2O2/c1-23(2,3)20-11-9-19(10-12-20)22(26)24-21(18-7-5-4-6-8-18)17-25-13-15-27-16-14-25/h4-12,21H,13-17H2,1-3H3,(H,24,26)/t21-/m0/s1. The molecule has 0 aliphatic carbocycles. The predicted molar refractivity (Wildman–Crippen MR) is 109 cm³/mol. The van der Waals surface area contributed by atoms with Gasteiger partial charge in [0, 0.05) is 25.2 Å². The van der Waals surface area contributed by atoms with Crippen LogP contribution in [-0.4, -0.2) is 43.7 Å². The van der Waals surface area contributed by atoms with E-state index in [9.17, 15) is 4.79 Å². The van der Waals surface area contributed by atoms with Crippen LogP contribution in [0.3, 0.4) is 0 Å². The van der Waals surface area contributed by atoms with Crippen LogP contribution in [-0.2, 0) is 10.2 Å². The molecular formula is C23H30N2O2. The van der Waals surface area contributed by atoms with E-state index in [0.717, 1.165) is 38.4 Å². The minimum atomic E-state index is -0.0425. The fraction of sp³-hybridized carbons (Fsp3) is 0.435. The molecule has 1 aliphatic heterocycles. The molecule has 0 radical (unpaired) electrons. The molecule has 2 aromatic rings. The molecule has 4 nitrogen and oxygen atoms in total. The summed E-state index contributed by atoms with van der Waals surface area (Å²) in [4.78, 5) is 15.2. The van der Waals surface area contributed by atoms with Crippen LogP contribution in [0.15, 0.2) is 54.6 Å². The Morgan fingerprint density at radius 1 is 1.04 bits per heavy atom. The molecule has 1 atom stereocenters. The highest BCUT2D eigenvalue weighted by molar-refractivity contribution is 5.94. The smallest absolute Gasteiger partial charge is 0.251 e. The van der Waals surface area contributed by atoms with Crippen LogP contribution in [0.1, 0.15) is 48.3 Å². The maximum Gasteiger partial charge on any atom is 0.251 e. The zero-order chi connectivity index (χ0) is 19.3. The van der Waals surface area contributed by atoms with Gasteiger partial charge in [-0.1, -0.05) is 63.2 Å². The number of benzene rings is 2. The van der Waals surface area contributed by atoms with E-state index in [1.807, 2.05) is 30.3 Å². The summed E-state index contributed by atoms with van der Waals surface area (Å²) in [7, 11) is 0. The second kappa shape index (κ2) is 8.68. The monoisotopic (exact) mass is 366 g/mol. The number of hydrogen-bond acceptors (Lipinski definition) is 3. The predicted octanol–water partition coefficient (Wildman–Crippen LogP) is 3.79. The SMILES string of the molecule is CC(C)(C)c1ccc(C(=O)N[C@@H](CN2CCOCC2)c2ccccc2)cc1. The summed E-state index contributed by atoms with van der Waals surface area (Å²) < 4.78 is 5.45.